The lowest BCUT2D eigenvalue weighted by Crippen LogP contribution is -2.52. The Hall–Kier alpha value is -0.120. The first-order valence-electron chi connectivity index (χ1n) is 4.42. The van der Waals surface area contributed by atoms with Crippen molar-refractivity contribution in [3.05, 3.63) is 0 Å². The minimum atomic E-state index is 0.214. The highest BCUT2D eigenvalue weighted by Gasteiger charge is 2.11. The molecule has 4 N–H and O–H groups in total. The number of rotatable bonds is 6. The lowest BCUT2D eigenvalue weighted by Gasteiger charge is -2.23. The van der Waals surface area contributed by atoms with Crippen molar-refractivity contribution >= 4 is 0 Å². The molecule has 2 unspecified atom stereocenters. The van der Waals surface area contributed by atoms with Crippen LogP contribution in [0.5, 0.6) is 0 Å². The van der Waals surface area contributed by atoms with E-state index in [1.165, 1.54) is 0 Å². The zero-order valence-electron chi connectivity index (χ0n) is 7.85. The number of nitrogens with one attached hydrogen (secondary N) is 2. The zero-order valence-corrected chi connectivity index (χ0v) is 7.85. The fourth-order valence-corrected chi connectivity index (χ4v) is 1.00. The van der Waals surface area contributed by atoms with Gasteiger partial charge in [0.2, 0.25) is 0 Å². The van der Waals surface area contributed by atoms with Crippen LogP contribution in [0.25, 0.3) is 0 Å². The van der Waals surface area contributed by atoms with E-state index in [0.717, 1.165) is 19.4 Å². The number of nitrogens with two attached hydrogens (primary N) is 1. The molecule has 0 amide bonds. The van der Waals surface area contributed by atoms with Gasteiger partial charge in [-0.05, 0) is 26.4 Å². The molecule has 0 aliphatic carbocycles. The van der Waals surface area contributed by atoms with Gasteiger partial charge in [-0.15, -0.1) is 0 Å². The monoisotopic (exact) mass is 159 g/mol. The standard InChI is InChI=1S/C8H21N3/c1-4-6-11-8(10-3)7(9)5-2/h7-8,10-11H,4-6,9H2,1-3H3. The molecule has 0 aromatic rings. The first-order valence-corrected chi connectivity index (χ1v) is 4.42. The molecule has 0 saturated heterocycles. The summed E-state index contributed by atoms with van der Waals surface area (Å²) in [4.78, 5) is 0. The van der Waals surface area contributed by atoms with E-state index >= 15 is 0 Å². The molecule has 3 nitrogen and oxygen atoms in total. The molecular weight excluding hydrogens is 138 g/mol. The summed E-state index contributed by atoms with van der Waals surface area (Å²) in [6.07, 6.45) is 2.41. The van der Waals surface area contributed by atoms with Crippen LogP contribution in [0.4, 0.5) is 0 Å². The maximum absolute atomic E-state index is 5.84. The van der Waals surface area contributed by atoms with Crippen LogP contribution in [-0.2, 0) is 0 Å². The Morgan fingerprint density at radius 2 is 2.00 bits per heavy atom. The Bertz CT molecular complexity index is 85.4. The zero-order chi connectivity index (χ0) is 8.69. The smallest absolute Gasteiger partial charge is 0.0725 e. The first-order chi connectivity index (χ1) is 5.26. The van der Waals surface area contributed by atoms with Gasteiger partial charge < -0.3 is 16.4 Å². The molecular formula is C8H21N3. The second-order valence-corrected chi connectivity index (χ2v) is 2.79. The number of hydrogen-bond acceptors (Lipinski definition) is 3. The fourth-order valence-electron chi connectivity index (χ4n) is 1.00. The van der Waals surface area contributed by atoms with E-state index in [1.54, 1.807) is 0 Å². The van der Waals surface area contributed by atoms with Crippen LogP contribution in [-0.4, -0.2) is 25.8 Å². The first kappa shape index (κ1) is 10.9. The topological polar surface area (TPSA) is 50.1 Å². The normalized spacial score (nSPS) is 16.4. The third kappa shape index (κ3) is 4.35. The van der Waals surface area contributed by atoms with Gasteiger partial charge in [-0.2, -0.15) is 0 Å². The predicted octanol–water partition coefficient (Wildman–Crippen LogP) is 0.269. The molecule has 0 radical (unpaired) electrons. The van der Waals surface area contributed by atoms with E-state index in [1.807, 2.05) is 7.05 Å². The van der Waals surface area contributed by atoms with Crippen molar-refractivity contribution in [2.24, 2.45) is 5.73 Å². The van der Waals surface area contributed by atoms with E-state index in [-0.39, 0.29) is 12.2 Å². The number of likely N-dealkylation sites (N-methyl/N-ethyl adjacent to an activating group) is 1. The van der Waals surface area contributed by atoms with Gasteiger partial charge in [-0.25, -0.2) is 0 Å². The quantitative estimate of drug-likeness (QED) is 0.488. The van der Waals surface area contributed by atoms with Crippen LogP contribution in [0, 0.1) is 0 Å². The molecule has 0 aliphatic heterocycles. The lowest BCUT2D eigenvalue weighted by molar-refractivity contribution is 0.377. The summed E-state index contributed by atoms with van der Waals surface area (Å²) in [5.41, 5.74) is 5.84. The van der Waals surface area contributed by atoms with Gasteiger partial charge in [0.15, 0.2) is 0 Å². The molecule has 0 saturated carbocycles. The Morgan fingerprint density at radius 1 is 1.36 bits per heavy atom. The molecule has 11 heavy (non-hydrogen) atoms. The Morgan fingerprint density at radius 3 is 2.36 bits per heavy atom. The van der Waals surface area contributed by atoms with Crippen molar-refractivity contribution in [2.75, 3.05) is 13.6 Å². The predicted molar refractivity (Wildman–Crippen MR) is 49.4 cm³/mol. The summed E-state index contributed by atoms with van der Waals surface area (Å²) in [6.45, 7) is 5.28. The van der Waals surface area contributed by atoms with Gasteiger partial charge in [-0.1, -0.05) is 13.8 Å². The van der Waals surface area contributed by atoms with Crippen LogP contribution in [0.3, 0.4) is 0 Å². The molecule has 3 heteroatoms. The molecule has 0 bridgehead atoms. The third-order valence-corrected chi connectivity index (χ3v) is 1.82. The Labute approximate surface area is 69.7 Å². The SMILES string of the molecule is CCCNC(NC)C(N)CC. The van der Waals surface area contributed by atoms with Gasteiger partial charge in [0.1, 0.15) is 0 Å². The minimum Gasteiger partial charge on any atom is -0.325 e. The molecule has 0 spiro atoms. The highest BCUT2D eigenvalue weighted by Crippen LogP contribution is 1.91. The van der Waals surface area contributed by atoms with Crippen LogP contribution >= 0.6 is 0 Å². The van der Waals surface area contributed by atoms with Gasteiger partial charge in [0, 0.05) is 6.04 Å². The lowest BCUT2D eigenvalue weighted by atomic mass is 10.2. The maximum atomic E-state index is 5.84. The average Bonchev–Trinajstić information content (AvgIpc) is 2.05. The maximum Gasteiger partial charge on any atom is 0.0725 e. The Balaban J connectivity index is 3.56. The summed E-state index contributed by atoms with van der Waals surface area (Å²) in [5.74, 6) is 0. The highest BCUT2D eigenvalue weighted by atomic mass is 15.1. The van der Waals surface area contributed by atoms with E-state index in [9.17, 15) is 0 Å². The van der Waals surface area contributed by atoms with E-state index < -0.39 is 0 Å². The van der Waals surface area contributed by atoms with E-state index in [4.69, 9.17) is 5.73 Å². The molecule has 0 heterocycles. The molecule has 0 aromatic heterocycles. The van der Waals surface area contributed by atoms with Crippen molar-refractivity contribution in [3.8, 4) is 0 Å². The fraction of sp³-hybridized carbons (Fsp3) is 1.00. The highest BCUT2D eigenvalue weighted by molar-refractivity contribution is 4.73. The van der Waals surface area contributed by atoms with Crippen molar-refractivity contribution in [3.63, 3.8) is 0 Å². The third-order valence-electron chi connectivity index (χ3n) is 1.82. The second-order valence-electron chi connectivity index (χ2n) is 2.79. The van der Waals surface area contributed by atoms with Crippen molar-refractivity contribution < 1.29 is 0 Å². The van der Waals surface area contributed by atoms with Gasteiger partial charge in [0.25, 0.3) is 0 Å². The summed E-state index contributed by atoms with van der Waals surface area (Å²) in [7, 11) is 1.93. The molecule has 2 atom stereocenters. The number of hydrogen-bond donors (Lipinski definition) is 3. The average molecular weight is 159 g/mol. The van der Waals surface area contributed by atoms with Gasteiger partial charge >= 0.3 is 0 Å². The van der Waals surface area contributed by atoms with Crippen molar-refractivity contribution in [1.82, 2.24) is 10.6 Å². The molecule has 0 aliphatic rings. The van der Waals surface area contributed by atoms with Crippen molar-refractivity contribution in [1.29, 1.82) is 0 Å². The largest absolute Gasteiger partial charge is 0.325 e. The minimum absolute atomic E-state index is 0.214. The van der Waals surface area contributed by atoms with Gasteiger partial charge in [0.05, 0.1) is 6.17 Å². The van der Waals surface area contributed by atoms with Crippen LogP contribution in [0.15, 0.2) is 0 Å². The van der Waals surface area contributed by atoms with Crippen LogP contribution < -0.4 is 16.4 Å². The molecule has 0 aromatic carbocycles. The summed E-state index contributed by atoms with van der Waals surface area (Å²) >= 11 is 0. The van der Waals surface area contributed by atoms with E-state index in [2.05, 4.69) is 24.5 Å². The summed E-state index contributed by atoms with van der Waals surface area (Å²) in [6, 6.07) is 0.214. The summed E-state index contributed by atoms with van der Waals surface area (Å²) in [5, 5.41) is 6.49. The van der Waals surface area contributed by atoms with Crippen LogP contribution in [0.2, 0.25) is 0 Å². The molecule has 68 valence electrons. The van der Waals surface area contributed by atoms with Gasteiger partial charge in [-0.3, -0.25) is 0 Å². The molecule has 0 fully saturated rings. The van der Waals surface area contributed by atoms with E-state index in [0.29, 0.717) is 0 Å². The second kappa shape index (κ2) is 6.58. The molecule has 0 rings (SSSR count). The van der Waals surface area contributed by atoms with Crippen LogP contribution in [0.1, 0.15) is 26.7 Å². The Kier molecular flexibility index (Phi) is 6.51. The summed E-state index contributed by atoms with van der Waals surface area (Å²) < 4.78 is 0. The van der Waals surface area contributed by atoms with Crippen molar-refractivity contribution in [2.45, 2.75) is 38.9 Å².